The Bertz CT molecular complexity index is 2400. The topological polar surface area (TPSA) is 3.24 Å². The Morgan fingerprint density at radius 2 is 1.08 bits per heavy atom. The van der Waals surface area contributed by atoms with E-state index in [0.29, 0.717) is 5.92 Å². The van der Waals surface area contributed by atoms with Crippen molar-refractivity contribution in [3.63, 3.8) is 0 Å². The number of hydrogen-bond donors (Lipinski definition) is 0. The van der Waals surface area contributed by atoms with Crippen LogP contribution in [0.2, 0.25) is 0 Å². The fourth-order valence-corrected chi connectivity index (χ4v) is 8.06. The second kappa shape index (κ2) is 12.2. The van der Waals surface area contributed by atoms with Crippen molar-refractivity contribution in [1.29, 1.82) is 0 Å². The standard InChI is InChI=1S/C49H39N/c1-49(2)47-32-41(38-19-17-37(18-20-38)40-22-21-35-13-9-10-14-39(35)31-40)25-29-45(47)46-30-28-44(33-48(46)49)50(42-15-7-4-8-16-42)43-26-23-36(24-27-43)34-11-5-3-6-12-34/h3-24,26-33,41H,25H2,1-2H3. The van der Waals surface area contributed by atoms with Gasteiger partial charge in [-0.25, -0.2) is 0 Å². The Hall–Kier alpha value is -5.92. The van der Waals surface area contributed by atoms with Gasteiger partial charge in [0.1, 0.15) is 0 Å². The largest absolute Gasteiger partial charge is 0.310 e. The second-order valence-electron chi connectivity index (χ2n) is 14.2. The molecule has 1 nitrogen and oxygen atoms in total. The summed E-state index contributed by atoms with van der Waals surface area (Å²) in [5.74, 6) is 0.358. The lowest BCUT2D eigenvalue weighted by Gasteiger charge is -2.29. The molecular weight excluding hydrogens is 603 g/mol. The molecule has 50 heavy (non-hydrogen) atoms. The quantitative estimate of drug-likeness (QED) is 0.175. The van der Waals surface area contributed by atoms with Crippen molar-refractivity contribution in [2.24, 2.45) is 0 Å². The molecule has 0 bridgehead atoms. The van der Waals surface area contributed by atoms with E-state index in [4.69, 9.17) is 0 Å². The normalized spacial score (nSPS) is 15.9. The van der Waals surface area contributed by atoms with Crippen molar-refractivity contribution in [2.75, 3.05) is 4.90 Å². The number of anilines is 3. The Labute approximate surface area is 295 Å². The van der Waals surface area contributed by atoms with Crippen LogP contribution in [0.5, 0.6) is 0 Å². The van der Waals surface area contributed by atoms with E-state index < -0.39 is 0 Å². The minimum absolute atomic E-state index is 0.111. The molecule has 0 saturated heterocycles. The van der Waals surface area contributed by atoms with Crippen LogP contribution in [-0.4, -0.2) is 0 Å². The minimum atomic E-state index is -0.111. The molecule has 0 aromatic heterocycles. The van der Waals surface area contributed by atoms with E-state index in [1.54, 1.807) is 0 Å². The van der Waals surface area contributed by atoms with Crippen LogP contribution in [0.15, 0.2) is 188 Å². The Balaban J connectivity index is 1.03. The first-order valence-corrected chi connectivity index (χ1v) is 17.7. The Morgan fingerprint density at radius 1 is 0.500 bits per heavy atom. The SMILES string of the molecule is CC1(C)C2=CC(c3ccc(-c4ccc5ccccc5c4)cc3)CC=C2c2ccc(N(c3ccccc3)c3ccc(-c4ccccc4)cc3)cc21. The van der Waals surface area contributed by atoms with Crippen molar-refractivity contribution in [2.45, 2.75) is 31.6 Å². The molecule has 0 N–H and O–H groups in total. The number of rotatable bonds is 6. The van der Waals surface area contributed by atoms with Gasteiger partial charge in [-0.2, -0.15) is 0 Å². The molecule has 0 aliphatic heterocycles. The summed E-state index contributed by atoms with van der Waals surface area (Å²) in [7, 11) is 0. The lowest BCUT2D eigenvalue weighted by atomic mass is 9.77. The van der Waals surface area contributed by atoms with Crippen LogP contribution in [-0.2, 0) is 5.41 Å². The van der Waals surface area contributed by atoms with Crippen LogP contribution in [0.3, 0.4) is 0 Å². The summed E-state index contributed by atoms with van der Waals surface area (Å²) >= 11 is 0. The Kier molecular flexibility index (Phi) is 7.36. The molecule has 7 aromatic carbocycles. The summed E-state index contributed by atoms with van der Waals surface area (Å²) in [4.78, 5) is 2.38. The molecule has 0 fully saturated rings. The average molecular weight is 642 g/mol. The maximum atomic E-state index is 2.55. The van der Waals surface area contributed by atoms with Gasteiger partial charge in [0.05, 0.1) is 0 Å². The van der Waals surface area contributed by atoms with Gasteiger partial charge in [0.2, 0.25) is 0 Å². The number of para-hydroxylation sites is 1. The van der Waals surface area contributed by atoms with Crippen LogP contribution < -0.4 is 4.90 Å². The van der Waals surface area contributed by atoms with E-state index in [0.717, 1.165) is 17.8 Å². The van der Waals surface area contributed by atoms with Gasteiger partial charge in [-0.05, 0) is 110 Å². The van der Waals surface area contributed by atoms with E-state index in [1.807, 2.05) is 0 Å². The third kappa shape index (κ3) is 5.27. The highest BCUT2D eigenvalue weighted by atomic mass is 15.1. The molecule has 1 heteroatoms. The predicted octanol–water partition coefficient (Wildman–Crippen LogP) is 13.4. The molecule has 1 atom stereocenters. The fraction of sp³-hybridized carbons (Fsp3) is 0.102. The summed E-state index contributed by atoms with van der Waals surface area (Å²) in [6.45, 7) is 4.80. The minimum Gasteiger partial charge on any atom is -0.310 e. The maximum Gasteiger partial charge on any atom is 0.0465 e. The van der Waals surface area contributed by atoms with E-state index in [1.165, 1.54) is 66.6 Å². The first kappa shape index (κ1) is 30.2. The molecule has 1 unspecified atom stereocenters. The molecule has 9 rings (SSSR count). The average Bonchev–Trinajstić information content (AvgIpc) is 3.41. The highest BCUT2D eigenvalue weighted by Gasteiger charge is 2.40. The van der Waals surface area contributed by atoms with E-state index in [9.17, 15) is 0 Å². The number of fused-ring (bicyclic) bond motifs is 4. The molecule has 0 amide bonds. The third-order valence-electron chi connectivity index (χ3n) is 10.8. The van der Waals surface area contributed by atoms with Gasteiger partial charge in [0, 0.05) is 28.4 Å². The zero-order chi connectivity index (χ0) is 33.7. The number of nitrogens with zero attached hydrogens (tertiary/aromatic N) is 1. The van der Waals surface area contributed by atoms with Crippen molar-refractivity contribution in [1.82, 2.24) is 0 Å². The fourth-order valence-electron chi connectivity index (χ4n) is 8.06. The van der Waals surface area contributed by atoms with Crippen LogP contribution >= 0.6 is 0 Å². The van der Waals surface area contributed by atoms with Crippen LogP contribution in [0.25, 0.3) is 38.6 Å². The molecule has 7 aromatic rings. The van der Waals surface area contributed by atoms with Gasteiger partial charge < -0.3 is 4.90 Å². The molecule has 2 aliphatic carbocycles. The lowest BCUT2D eigenvalue weighted by molar-refractivity contribution is 0.648. The van der Waals surface area contributed by atoms with E-state index in [2.05, 4.69) is 201 Å². The van der Waals surface area contributed by atoms with Gasteiger partial charge >= 0.3 is 0 Å². The van der Waals surface area contributed by atoms with Gasteiger partial charge in [-0.3, -0.25) is 0 Å². The van der Waals surface area contributed by atoms with E-state index >= 15 is 0 Å². The summed E-state index contributed by atoms with van der Waals surface area (Å²) in [5.41, 5.74) is 15.3. The van der Waals surface area contributed by atoms with Gasteiger partial charge in [0.15, 0.2) is 0 Å². The summed E-state index contributed by atoms with van der Waals surface area (Å²) in [5, 5.41) is 2.56. The molecule has 0 heterocycles. The number of benzene rings is 7. The molecule has 2 aliphatic rings. The van der Waals surface area contributed by atoms with Crippen molar-refractivity contribution < 1.29 is 0 Å². The molecule has 0 radical (unpaired) electrons. The second-order valence-corrected chi connectivity index (χ2v) is 14.2. The third-order valence-corrected chi connectivity index (χ3v) is 10.8. The highest BCUT2D eigenvalue weighted by molar-refractivity contribution is 5.93. The van der Waals surface area contributed by atoms with E-state index in [-0.39, 0.29) is 5.41 Å². The number of allylic oxidation sites excluding steroid dienone is 4. The van der Waals surface area contributed by atoms with Crippen molar-refractivity contribution in [3.8, 4) is 22.3 Å². The van der Waals surface area contributed by atoms with Crippen LogP contribution in [0, 0.1) is 0 Å². The number of hydrogen-bond acceptors (Lipinski definition) is 1. The van der Waals surface area contributed by atoms with Crippen molar-refractivity contribution in [3.05, 3.63) is 204 Å². The smallest absolute Gasteiger partial charge is 0.0465 e. The molecular formula is C49H39N. The zero-order valence-electron chi connectivity index (χ0n) is 28.6. The molecule has 240 valence electrons. The van der Waals surface area contributed by atoms with Gasteiger partial charge in [-0.15, -0.1) is 0 Å². The van der Waals surface area contributed by atoms with Crippen LogP contribution in [0.1, 0.15) is 42.9 Å². The lowest BCUT2D eigenvalue weighted by Crippen LogP contribution is -2.18. The monoisotopic (exact) mass is 641 g/mol. The highest BCUT2D eigenvalue weighted by Crippen LogP contribution is 2.54. The van der Waals surface area contributed by atoms with Gasteiger partial charge in [-0.1, -0.05) is 153 Å². The van der Waals surface area contributed by atoms with Gasteiger partial charge in [0.25, 0.3) is 0 Å². The summed E-state index contributed by atoms with van der Waals surface area (Å²) in [6, 6.07) is 62.0. The summed E-state index contributed by atoms with van der Waals surface area (Å²) < 4.78 is 0. The molecule has 0 spiro atoms. The first-order chi connectivity index (χ1) is 24.5. The zero-order valence-corrected chi connectivity index (χ0v) is 28.6. The maximum absolute atomic E-state index is 2.55. The Morgan fingerprint density at radius 3 is 1.84 bits per heavy atom. The van der Waals surface area contributed by atoms with Crippen molar-refractivity contribution >= 4 is 33.4 Å². The first-order valence-electron chi connectivity index (χ1n) is 17.7. The summed E-state index contributed by atoms with van der Waals surface area (Å²) in [6.07, 6.45) is 6.05. The predicted molar refractivity (Wildman–Crippen MR) is 212 cm³/mol. The molecule has 0 saturated carbocycles. The van der Waals surface area contributed by atoms with Crippen LogP contribution in [0.4, 0.5) is 17.1 Å².